The van der Waals surface area contributed by atoms with Gasteiger partial charge in [-0.2, -0.15) is 0 Å². The van der Waals surface area contributed by atoms with Gasteiger partial charge in [0.15, 0.2) is 23.8 Å². The molecule has 0 N–H and O–H groups in total. The van der Waals surface area contributed by atoms with Crippen LogP contribution in [0.15, 0.2) is 45.5 Å². The van der Waals surface area contributed by atoms with E-state index < -0.39 is 16.9 Å². The van der Waals surface area contributed by atoms with Crippen molar-refractivity contribution in [1.82, 2.24) is 0 Å². The van der Waals surface area contributed by atoms with Crippen LogP contribution in [-0.4, -0.2) is 43.1 Å². The minimum Gasteiger partial charge on any atom is -0.490 e. The Morgan fingerprint density at radius 2 is 2.06 bits per heavy atom. The molecule has 0 saturated carbocycles. The highest BCUT2D eigenvalue weighted by atomic mass is 79.9. The molecule has 0 fully saturated rings. The molecular formula is C21H16BrClN2O8. The van der Waals surface area contributed by atoms with Crippen LogP contribution < -0.4 is 9.47 Å². The smallest absolute Gasteiger partial charge is 0.363 e. The second-order valence-corrected chi connectivity index (χ2v) is 7.65. The van der Waals surface area contributed by atoms with E-state index in [9.17, 15) is 19.7 Å². The maximum atomic E-state index is 12.3. The fourth-order valence-electron chi connectivity index (χ4n) is 2.74. The topological polar surface area (TPSA) is 127 Å². The van der Waals surface area contributed by atoms with Gasteiger partial charge in [0.05, 0.1) is 33.7 Å². The van der Waals surface area contributed by atoms with Crippen molar-refractivity contribution in [3.05, 3.63) is 66.8 Å². The molecule has 33 heavy (non-hydrogen) atoms. The molecule has 0 aromatic heterocycles. The molecule has 0 aliphatic carbocycles. The number of hydrogen-bond donors (Lipinski definition) is 0. The van der Waals surface area contributed by atoms with Crippen molar-refractivity contribution >= 4 is 57.1 Å². The van der Waals surface area contributed by atoms with E-state index in [2.05, 4.69) is 25.7 Å². The summed E-state index contributed by atoms with van der Waals surface area (Å²) >= 11 is 9.47. The number of nitrogens with zero attached hydrogens (tertiary/aromatic N) is 2. The highest BCUT2D eigenvalue weighted by molar-refractivity contribution is 9.10. The maximum absolute atomic E-state index is 12.3. The molecule has 3 rings (SSSR count). The highest BCUT2D eigenvalue weighted by Crippen LogP contribution is 2.38. The van der Waals surface area contributed by atoms with Gasteiger partial charge in [-0.3, -0.25) is 10.1 Å². The zero-order valence-corrected chi connectivity index (χ0v) is 19.6. The molecule has 0 bridgehead atoms. The fourth-order valence-corrected chi connectivity index (χ4v) is 3.57. The van der Waals surface area contributed by atoms with Gasteiger partial charge in [0.1, 0.15) is 0 Å². The first-order chi connectivity index (χ1) is 15.7. The van der Waals surface area contributed by atoms with Crippen molar-refractivity contribution in [3.63, 3.8) is 0 Å². The van der Waals surface area contributed by atoms with Gasteiger partial charge in [0.25, 0.3) is 5.69 Å². The number of ether oxygens (including phenoxy) is 4. The monoisotopic (exact) mass is 538 g/mol. The van der Waals surface area contributed by atoms with E-state index in [1.165, 1.54) is 25.3 Å². The van der Waals surface area contributed by atoms with Crippen LogP contribution in [0.25, 0.3) is 6.08 Å². The van der Waals surface area contributed by atoms with E-state index in [0.29, 0.717) is 28.1 Å². The number of carbonyl (C=O) groups is 2. The lowest BCUT2D eigenvalue weighted by atomic mass is 10.1. The number of carbonyl (C=O) groups excluding carboxylic acids is 2. The van der Waals surface area contributed by atoms with Gasteiger partial charge in [-0.15, -0.1) is 0 Å². The first-order valence-corrected chi connectivity index (χ1v) is 10.5. The van der Waals surface area contributed by atoms with Gasteiger partial charge in [-0.05, 0) is 52.7 Å². The summed E-state index contributed by atoms with van der Waals surface area (Å²) < 4.78 is 21.3. The molecule has 10 nitrogen and oxygen atoms in total. The van der Waals surface area contributed by atoms with E-state index in [-0.39, 0.29) is 34.5 Å². The summed E-state index contributed by atoms with van der Waals surface area (Å²) in [5, 5.41) is 10.9. The third-order valence-electron chi connectivity index (χ3n) is 4.21. The third-order valence-corrected chi connectivity index (χ3v) is 5.11. The number of halogens is 2. The van der Waals surface area contributed by atoms with E-state index in [1.54, 1.807) is 19.1 Å². The molecule has 0 radical (unpaired) electrons. The van der Waals surface area contributed by atoms with Crippen molar-refractivity contribution < 1.29 is 33.5 Å². The average Bonchev–Trinajstić information content (AvgIpc) is 3.12. The van der Waals surface area contributed by atoms with E-state index in [4.69, 9.17) is 25.8 Å². The first kappa shape index (κ1) is 24.2. The Balaban J connectivity index is 1.93. The van der Waals surface area contributed by atoms with Crippen LogP contribution in [0.5, 0.6) is 11.5 Å². The lowest BCUT2D eigenvalue weighted by Crippen LogP contribution is -2.13. The van der Waals surface area contributed by atoms with Crippen molar-refractivity contribution in [2.75, 3.05) is 20.3 Å². The number of esters is 2. The van der Waals surface area contributed by atoms with Crippen molar-refractivity contribution in [2.24, 2.45) is 4.99 Å². The van der Waals surface area contributed by atoms with Crippen LogP contribution in [0, 0.1) is 10.1 Å². The summed E-state index contributed by atoms with van der Waals surface area (Å²) in [5.41, 5.74) is 0.550. The number of cyclic esters (lactones) is 1. The number of aliphatic imine (C=N–C) groups is 1. The molecule has 0 unspecified atom stereocenters. The predicted molar refractivity (Wildman–Crippen MR) is 122 cm³/mol. The molecule has 12 heteroatoms. The van der Waals surface area contributed by atoms with Gasteiger partial charge in [-0.25, -0.2) is 14.6 Å². The molecule has 0 amide bonds. The number of rotatable bonds is 8. The van der Waals surface area contributed by atoms with E-state index in [0.717, 1.165) is 6.07 Å². The Kier molecular flexibility index (Phi) is 7.67. The molecule has 2 aromatic carbocycles. The summed E-state index contributed by atoms with van der Waals surface area (Å²) in [6.07, 6.45) is 1.46. The first-order valence-electron chi connectivity index (χ1n) is 9.36. The van der Waals surface area contributed by atoms with Crippen LogP contribution in [0.1, 0.15) is 18.1 Å². The Hall–Kier alpha value is -3.44. The number of benzene rings is 2. The predicted octanol–water partition coefficient (Wildman–Crippen LogP) is 4.31. The van der Waals surface area contributed by atoms with Crippen LogP contribution in [-0.2, 0) is 19.1 Å². The Bertz CT molecular complexity index is 1200. The maximum Gasteiger partial charge on any atom is 0.363 e. The van der Waals surface area contributed by atoms with Crippen LogP contribution in [0.4, 0.5) is 5.69 Å². The van der Waals surface area contributed by atoms with Gasteiger partial charge in [0, 0.05) is 12.1 Å². The van der Waals surface area contributed by atoms with Crippen LogP contribution in [0.3, 0.4) is 0 Å². The van der Waals surface area contributed by atoms with Crippen LogP contribution in [0.2, 0.25) is 5.02 Å². The number of nitro benzene ring substituents is 1. The second kappa shape index (κ2) is 10.5. The van der Waals surface area contributed by atoms with E-state index in [1.807, 2.05) is 0 Å². The van der Waals surface area contributed by atoms with Gasteiger partial charge < -0.3 is 18.9 Å². The number of methoxy groups -OCH3 is 1. The van der Waals surface area contributed by atoms with E-state index >= 15 is 0 Å². The zero-order chi connectivity index (χ0) is 24.1. The minimum atomic E-state index is -0.723. The number of hydrogen-bond acceptors (Lipinski definition) is 9. The lowest BCUT2D eigenvalue weighted by molar-refractivity contribution is -0.384. The molecule has 172 valence electrons. The highest BCUT2D eigenvalue weighted by Gasteiger charge is 2.27. The summed E-state index contributed by atoms with van der Waals surface area (Å²) in [4.78, 5) is 38.2. The summed E-state index contributed by atoms with van der Waals surface area (Å²) in [7, 11) is 1.25. The average molecular weight is 540 g/mol. The Morgan fingerprint density at radius 1 is 1.30 bits per heavy atom. The fraction of sp³-hybridized carbons (Fsp3) is 0.190. The Morgan fingerprint density at radius 3 is 2.70 bits per heavy atom. The lowest BCUT2D eigenvalue weighted by Gasteiger charge is -2.14. The van der Waals surface area contributed by atoms with Crippen molar-refractivity contribution in [3.8, 4) is 11.5 Å². The number of non-ortho nitro benzene ring substituents is 1. The zero-order valence-electron chi connectivity index (χ0n) is 17.3. The minimum absolute atomic E-state index is 0.0167. The van der Waals surface area contributed by atoms with Crippen molar-refractivity contribution in [1.29, 1.82) is 0 Å². The molecule has 1 aliphatic heterocycles. The van der Waals surface area contributed by atoms with Gasteiger partial charge in [-0.1, -0.05) is 11.6 Å². The molecular weight excluding hydrogens is 524 g/mol. The van der Waals surface area contributed by atoms with Gasteiger partial charge >= 0.3 is 11.9 Å². The SMILES string of the molecule is CCOc1cc(/C=C2\N=C(c3ccc([N+](=O)[O-])cc3Cl)OC2=O)cc(Br)c1OCC(=O)OC. The second-order valence-electron chi connectivity index (χ2n) is 6.39. The largest absolute Gasteiger partial charge is 0.490 e. The quantitative estimate of drug-likeness (QED) is 0.210. The normalized spacial score (nSPS) is 14.0. The van der Waals surface area contributed by atoms with Gasteiger partial charge in [0.2, 0.25) is 5.90 Å². The summed E-state index contributed by atoms with van der Waals surface area (Å²) in [6, 6.07) is 6.98. The molecule has 0 atom stereocenters. The summed E-state index contributed by atoms with van der Waals surface area (Å²) in [6.45, 7) is 1.79. The molecule has 2 aromatic rings. The molecule has 0 saturated heterocycles. The third kappa shape index (κ3) is 5.68. The standard InChI is InChI=1S/C21H16BrClN2O8/c1-3-31-17-8-11(6-14(22)19(17)32-10-18(26)30-2)7-16-21(27)33-20(24-16)13-5-4-12(25(28)29)9-15(13)23/h4-9H,3,10H2,1-2H3/b16-7-. The van der Waals surface area contributed by atoms with Crippen LogP contribution >= 0.6 is 27.5 Å². The molecule has 0 spiro atoms. The number of nitro groups is 1. The molecule has 1 aliphatic rings. The summed E-state index contributed by atoms with van der Waals surface area (Å²) in [5.74, 6) is -0.735. The van der Waals surface area contributed by atoms with Crippen molar-refractivity contribution in [2.45, 2.75) is 6.92 Å². The Labute approximate surface area is 201 Å². The molecule has 1 heterocycles.